The van der Waals surface area contributed by atoms with Gasteiger partial charge in [0.2, 0.25) is 17.7 Å². The molecule has 0 bridgehead atoms. The van der Waals surface area contributed by atoms with Gasteiger partial charge >= 0.3 is 11.9 Å². The largest absolute Gasteiger partial charge is 0.481 e. The van der Waals surface area contributed by atoms with Gasteiger partial charge in [0.15, 0.2) is 0 Å². The van der Waals surface area contributed by atoms with Gasteiger partial charge in [-0.2, -0.15) is 0 Å². The van der Waals surface area contributed by atoms with Crippen molar-refractivity contribution >= 4 is 29.7 Å². The number of aliphatic hydroxyl groups is 1. The number of nitrogens with two attached hydrogens (primary N) is 1. The predicted octanol–water partition coefficient (Wildman–Crippen LogP) is -1.00. The maximum Gasteiger partial charge on any atom is 0.326 e. The number of amides is 3. The summed E-state index contributed by atoms with van der Waals surface area (Å²) in [6.45, 7) is 4.48. The minimum Gasteiger partial charge on any atom is -0.481 e. The number of carbonyl (C=O) groups is 5. The van der Waals surface area contributed by atoms with Crippen molar-refractivity contribution in [2.75, 3.05) is 0 Å². The highest BCUT2D eigenvalue weighted by Gasteiger charge is 2.33. The van der Waals surface area contributed by atoms with Crippen molar-refractivity contribution < 1.29 is 39.3 Å². The van der Waals surface area contributed by atoms with Crippen LogP contribution in [0.3, 0.4) is 0 Å². The molecule has 0 fully saturated rings. The Hall–Kier alpha value is -3.51. The summed E-state index contributed by atoms with van der Waals surface area (Å²) >= 11 is 0. The number of aliphatic hydroxyl groups excluding tert-OH is 1. The van der Waals surface area contributed by atoms with Crippen LogP contribution < -0.4 is 21.7 Å². The number of carboxylic acids is 2. The lowest BCUT2D eigenvalue weighted by Crippen LogP contribution is -2.60. The summed E-state index contributed by atoms with van der Waals surface area (Å²) in [5.41, 5.74) is 6.75. The third-order valence-corrected chi connectivity index (χ3v) is 5.21. The van der Waals surface area contributed by atoms with Crippen molar-refractivity contribution in [1.29, 1.82) is 0 Å². The molecule has 0 aromatic heterocycles. The molecule has 0 aliphatic rings. The Morgan fingerprint density at radius 2 is 1.40 bits per heavy atom. The second kappa shape index (κ2) is 14.0. The van der Waals surface area contributed by atoms with Crippen LogP contribution in [-0.2, 0) is 30.4 Å². The summed E-state index contributed by atoms with van der Waals surface area (Å²) < 4.78 is 0. The normalized spacial score (nSPS) is 15.3. The van der Waals surface area contributed by atoms with Gasteiger partial charge < -0.3 is 37.0 Å². The molecular weight excluding hydrogens is 460 g/mol. The van der Waals surface area contributed by atoms with E-state index < -0.39 is 72.3 Å². The molecule has 0 saturated heterocycles. The second-order valence-electron chi connectivity index (χ2n) is 8.59. The molecule has 0 heterocycles. The number of carboxylic acid groups (broad SMARTS) is 2. The van der Waals surface area contributed by atoms with E-state index in [1.165, 1.54) is 6.92 Å². The first-order valence-corrected chi connectivity index (χ1v) is 11.2. The van der Waals surface area contributed by atoms with E-state index >= 15 is 0 Å². The average molecular weight is 495 g/mol. The van der Waals surface area contributed by atoms with E-state index in [0.29, 0.717) is 0 Å². The number of hydrogen-bond donors (Lipinski definition) is 7. The van der Waals surface area contributed by atoms with Crippen molar-refractivity contribution in [2.45, 2.75) is 70.3 Å². The van der Waals surface area contributed by atoms with Gasteiger partial charge in [0, 0.05) is 6.42 Å². The highest BCUT2D eigenvalue weighted by atomic mass is 16.4. The number of carbonyl (C=O) groups excluding carboxylic acids is 3. The molecule has 0 aliphatic carbocycles. The first-order chi connectivity index (χ1) is 16.3. The van der Waals surface area contributed by atoms with Crippen molar-refractivity contribution in [3.8, 4) is 0 Å². The standard InChI is InChI=1S/C23H34N4O8/c1-12(2)18(21(32)25-16(23(34)35)9-10-17(29)30)26-22(33)19(13(3)28)27-20(31)15(24)11-14-7-5-4-6-8-14/h4-8,12-13,15-16,18-19,28H,9-11,24H2,1-3H3,(H,25,32)(H,26,33)(H,27,31)(H,29,30)(H,34,35). The summed E-state index contributed by atoms with van der Waals surface area (Å²) in [5.74, 6) is -5.54. The Morgan fingerprint density at radius 1 is 0.857 bits per heavy atom. The molecule has 1 aromatic rings. The summed E-state index contributed by atoms with van der Waals surface area (Å²) in [6, 6.07) is 3.86. The summed E-state index contributed by atoms with van der Waals surface area (Å²) in [5, 5.41) is 35.2. The number of rotatable bonds is 14. The van der Waals surface area contributed by atoms with E-state index in [4.69, 9.17) is 10.8 Å². The number of nitrogens with one attached hydrogen (secondary N) is 3. The van der Waals surface area contributed by atoms with Gasteiger partial charge in [-0.05, 0) is 31.2 Å². The maximum absolute atomic E-state index is 12.9. The van der Waals surface area contributed by atoms with Crippen LogP contribution in [0.4, 0.5) is 0 Å². The predicted molar refractivity (Wildman–Crippen MR) is 125 cm³/mol. The van der Waals surface area contributed by atoms with Crippen molar-refractivity contribution in [3.63, 3.8) is 0 Å². The van der Waals surface area contributed by atoms with E-state index in [9.17, 15) is 34.2 Å². The molecule has 0 saturated carbocycles. The lowest BCUT2D eigenvalue weighted by Gasteiger charge is -2.28. The van der Waals surface area contributed by atoms with Crippen LogP contribution in [0.5, 0.6) is 0 Å². The number of benzene rings is 1. The molecule has 5 atom stereocenters. The van der Waals surface area contributed by atoms with Crippen LogP contribution in [0, 0.1) is 5.92 Å². The van der Waals surface area contributed by atoms with Gasteiger partial charge in [-0.1, -0.05) is 44.2 Å². The van der Waals surface area contributed by atoms with Crippen LogP contribution in [0.2, 0.25) is 0 Å². The molecule has 3 amide bonds. The third-order valence-electron chi connectivity index (χ3n) is 5.21. The average Bonchev–Trinajstić information content (AvgIpc) is 2.77. The van der Waals surface area contributed by atoms with Gasteiger partial charge in [0.05, 0.1) is 12.1 Å². The molecule has 12 nitrogen and oxygen atoms in total. The maximum atomic E-state index is 12.9. The van der Waals surface area contributed by atoms with E-state index in [-0.39, 0.29) is 12.8 Å². The lowest BCUT2D eigenvalue weighted by molar-refractivity contribution is -0.143. The first-order valence-electron chi connectivity index (χ1n) is 11.2. The molecule has 5 unspecified atom stereocenters. The van der Waals surface area contributed by atoms with Crippen molar-refractivity contribution in [1.82, 2.24) is 16.0 Å². The molecule has 35 heavy (non-hydrogen) atoms. The summed E-state index contributed by atoms with van der Waals surface area (Å²) in [7, 11) is 0. The second-order valence-corrected chi connectivity index (χ2v) is 8.59. The van der Waals surface area contributed by atoms with Crippen molar-refractivity contribution in [3.05, 3.63) is 35.9 Å². The molecule has 194 valence electrons. The topological polar surface area (TPSA) is 208 Å². The van der Waals surface area contributed by atoms with E-state index in [2.05, 4.69) is 16.0 Å². The monoisotopic (exact) mass is 494 g/mol. The number of aliphatic carboxylic acids is 2. The fourth-order valence-corrected chi connectivity index (χ4v) is 3.19. The molecular formula is C23H34N4O8. The van der Waals surface area contributed by atoms with Crippen LogP contribution >= 0.6 is 0 Å². The SMILES string of the molecule is CC(C)C(NC(=O)C(NC(=O)C(N)Cc1ccccc1)C(C)O)C(=O)NC(CCC(=O)O)C(=O)O. The summed E-state index contributed by atoms with van der Waals surface area (Å²) in [4.78, 5) is 60.2. The zero-order valence-electron chi connectivity index (χ0n) is 19.9. The zero-order valence-corrected chi connectivity index (χ0v) is 19.9. The highest BCUT2D eigenvalue weighted by Crippen LogP contribution is 2.07. The molecule has 0 aliphatic heterocycles. The quantitative estimate of drug-likeness (QED) is 0.169. The van der Waals surface area contributed by atoms with Crippen LogP contribution in [0.15, 0.2) is 30.3 Å². The van der Waals surface area contributed by atoms with Crippen LogP contribution in [0.1, 0.15) is 39.2 Å². The fraction of sp³-hybridized carbons (Fsp3) is 0.522. The van der Waals surface area contributed by atoms with E-state index in [0.717, 1.165) is 5.56 Å². The Kier molecular flexibility index (Phi) is 11.8. The Bertz CT molecular complexity index is 891. The van der Waals surface area contributed by atoms with Gasteiger partial charge in [-0.15, -0.1) is 0 Å². The molecule has 0 spiro atoms. The molecule has 8 N–H and O–H groups in total. The molecule has 0 radical (unpaired) electrons. The van der Waals surface area contributed by atoms with Crippen LogP contribution in [-0.4, -0.2) is 75.3 Å². The minimum absolute atomic E-state index is 0.199. The highest BCUT2D eigenvalue weighted by molar-refractivity contribution is 5.94. The van der Waals surface area contributed by atoms with Gasteiger partial charge in [-0.25, -0.2) is 4.79 Å². The summed E-state index contributed by atoms with van der Waals surface area (Å²) in [6.07, 6.45) is -1.96. The molecule has 1 rings (SSSR count). The fourth-order valence-electron chi connectivity index (χ4n) is 3.19. The van der Waals surface area contributed by atoms with E-state index in [1.807, 2.05) is 6.07 Å². The third kappa shape index (κ3) is 10.1. The van der Waals surface area contributed by atoms with Crippen molar-refractivity contribution in [2.24, 2.45) is 11.7 Å². The Labute approximate surface area is 203 Å². The van der Waals surface area contributed by atoms with E-state index in [1.54, 1.807) is 38.1 Å². The van der Waals surface area contributed by atoms with Crippen LogP contribution in [0.25, 0.3) is 0 Å². The smallest absolute Gasteiger partial charge is 0.326 e. The molecule has 1 aromatic carbocycles. The first kappa shape index (κ1) is 29.5. The number of hydrogen-bond acceptors (Lipinski definition) is 7. The zero-order chi connectivity index (χ0) is 26.7. The Balaban J connectivity index is 2.87. The van der Waals surface area contributed by atoms with Gasteiger partial charge in [-0.3, -0.25) is 19.2 Å². The molecule has 12 heteroatoms. The van der Waals surface area contributed by atoms with Gasteiger partial charge in [0.1, 0.15) is 18.1 Å². The Morgan fingerprint density at radius 3 is 1.89 bits per heavy atom. The van der Waals surface area contributed by atoms with Gasteiger partial charge in [0.25, 0.3) is 0 Å². The minimum atomic E-state index is -1.47. The lowest BCUT2D eigenvalue weighted by atomic mass is 10.0.